The Bertz CT molecular complexity index is 1030. The summed E-state index contributed by atoms with van der Waals surface area (Å²) in [5.74, 6) is -3.65. The third-order valence-electron chi connectivity index (χ3n) is 3.80. The molecule has 0 bridgehead atoms. The van der Waals surface area contributed by atoms with Crippen molar-refractivity contribution in [3.63, 3.8) is 0 Å². The molecule has 2 aromatic carbocycles. The molecular formula is C19H14F2N2O3. The predicted octanol–water partition coefficient (Wildman–Crippen LogP) is 3.86. The number of ether oxygens (including phenoxy) is 1. The number of para-hydroxylation sites is 1. The molecule has 26 heavy (non-hydrogen) atoms. The summed E-state index contributed by atoms with van der Waals surface area (Å²) < 4.78 is 32.2. The first-order chi connectivity index (χ1) is 12.4. The van der Waals surface area contributed by atoms with Gasteiger partial charge in [-0.05, 0) is 25.1 Å². The molecule has 3 rings (SSSR count). The van der Waals surface area contributed by atoms with Crippen molar-refractivity contribution in [1.82, 2.24) is 4.98 Å². The Hall–Kier alpha value is -3.35. The molecule has 0 saturated carbocycles. The number of hydrogen-bond acceptors (Lipinski definition) is 4. The summed E-state index contributed by atoms with van der Waals surface area (Å²) in [6.45, 7) is 1.73. The van der Waals surface area contributed by atoms with Gasteiger partial charge in [-0.2, -0.15) is 0 Å². The minimum atomic E-state index is -1.07. The van der Waals surface area contributed by atoms with Crippen molar-refractivity contribution < 1.29 is 23.1 Å². The van der Waals surface area contributed by atoms with Crippen molar-refractivity contribution in [2.24, 2.45) is 0 Å². The summed E-state index contributed by atoms with van der Waals surface area (Å²) in [6, 6.07) is 10.0. The molecule has 1 heterocycles. The molecule has 1 aromatic heterocycles. The second-order valence-electron chi connectivity index (χ2n) is 5.59. The van der Waals surface area contributed by atoms with Gasteiger partial charge in [-0.25, -0.2) is 13.6 Å². The summed E-state index contributed by atoms with van der Waals surface area (Å²) in [7, 11) is 1.08. The van der Waals surface area contributed by atoms with Crippen LogP contribution in [0.3, 0.4) is 0 Å². The average Bonchev–Trinajstić information content (AvgIpc) is 2.62. The van der Waals surface area contributed by atoms with Crippen LogP contribution in [0.5, 0.6) is 0 Å². The maximum Gasteiger partial charge on any atom is 0.340 e. The highest BCUT2D eigenvalue weighted by molar-refractivity contribution is 6.12. The summed E-state index contributed by atoms with van der Waals surface area (Å²) in [5.41, 5.74) is 0.725. The van der Waals surface area contributed by atoms with Gasteiger partial charge in [0.2, 0.25) is 0 Å². The Morgan fingerprint density at radius 1 is 1.04 bits per heavy atom. The minimum Gasteiger partial charge on any atom is -0.465 e. The molecule has 0 aliphatic rings. The van der Waals surface area contributed by atoms with Gasteiger partial charge in [0.25, 0.3) is 5.91 Å². The SMILES string of the molecule is COC(=O)c1cc(NC(=O)c2cc(C)nc3ccccc23)c(F)cc1F. The van der Waals surface area contributed by atoms with Crippen LogP contribution < -0.4 is 5.32 Å². The maximum absolute atomic E-state index is 14.0. The fraction of sp³-hybridized carbons (Fsp3) is 0.105. The van der Waals surface area contributed by atoms with Crippen LogP contribution in [0.1, 0.15) is 26.4 Å². The van der Waals surface area contributed by atoms with Crippen LogP contribution in [0, 0.1) is 18.6 Å². The fourth-order valence-electron chi connectivity index (χ4n) is 2.60. The van der Waals surface area contributed by atoms with Crippen LogP contribution >= 0.6 is 0 Å². The van der Waals surface area contributed by atoms with Gasteiger partial charge in [0.1, 0.15) is 11.6 Å². The quantitative estimate of drug-likeness (QED) is 0.724. The number of pyridine rings is 1. The highest BCUT2D eigenvalue weighted by Crippen LogP contribution is 2.23. The van der Waals surface area contributed by atoms with Crippen LogP contribution in [0.4, 0.5) is 14.5 Å². The number of halogens is 2. The molecule has 0 spiro atoms. The van der Waals surface area contributed by atoms with E-state index >= 15 is 0 Å². The minimum absolute atomic E-state index is 0.288. The number of benzene rings is 2. The zero-order chi connectivity index (χ0) is 18.8. The van der Waals surface area contributed by atoms with Crippen molar-refractivity contribution in [2.75, 3.05) is 12.4 Å². The van der Waals surface area contributed by atoms with Gasteiger partial charge in [-0.15, -0.1) is 0 Å². The summed E-state index contributed by atoms with van der Waals surface area (Å²) >= 11 is 0. The number of rotatable bonds is 3. The van der Waals surface area contributed by atoms with E-state index < -0.39 is 29.1 Å². The second-order valence-corrected chi connectivity index (χ2v) is 5.59. The number of amides is 1. The lowest BCUT2D eigenvalue weighted by molar-refractivity contribution is 0.0595. The highest BCUT2D eigenvalue weighted by atomic mass is 19.1. The molecular weight excluding hydrogens is 342 g/mol. The number of aryl methyl sites for hydroxylation is 1. The predicted molar refractivity (Wildman–Crippen MR) is 92.1 cm³/mol. The topological polar surface area (TPSA) is 68.3 Å². The number of methoxy groups -OCH3 is 1. The van der Waals surface area contributed by atoms with E-state index in [2.05, 4.69) is 15.0 Å². The van der Waals surface area contributed by atoms with E-state index in [0.29, 0.717) is 22.7 Å². The molecule has 0 radical (unpaired) electrons. The molecule has 0 aliphatic heterocycles. The molecule has 0 fully saturated rings. The van der Waals surface area contributed by atoms with Gasteiger partial charge in [-0.1, -0.05) is 18.2 Å². The molecule has 0 unspecified atom stereocenters. The number of carbonyl (C=O) groups is 2. The Labute approximate surface area is 147 Å². The third-order valence-corrected chi connectivity index (χ3v) is 3.80. The second kappa shape index (κ2) is 6.87. The van der Waals surface area contributed by atoms with E-state index in [4.69, 9.17) is 0 Å². The zero-order valence-electron chi connectivity index (χ0n) is 14.0. The first kappa shape index (κ1) is 17.5. The molecule has 0 saturated heterocycles. The number of anilines is 1. The van der Waals surface area contributed by atoms with Crippen molar-refractivity contribution in [2.45, 2.75) is 6.92 Å². The molecule has 0 aliphatic carbocycles. The number of aromatic nitrogens is 1. The smallest absolute Gasteiger partial charge is 0.340 e. The molecule has 1 N–H and O–H groups in total. The summed E-state index contributed by atoms with van der Waals surface area (Å²) in [5, 5.41) is 2.97. The monoisotopic (exact) mass is 356 g/mol. The molecule has 5 nitrogen and oxygen atoms in total. The molecule has 0 atom stereocenters. The van der Waals surface area contributed by atoms with E-state index in [0.717, 1.165) is 13.2 Å². The number of nitrogens with one attached hydrogen (secondary N) is 1. The third kappa shape index (κ3) is 3.23. The molecule has 7 heteroatoms. The number of nitrogens with zero attached hydrogens (tertiary/aromatic N) is 1. The Morgan fingerprint density at radius 3 is 2.50 bits per heavy atom. The van der Waals surface area contributed by atoms with Crippen LogP contribution in [-0.4, -0.2) is 24.0 Å². The summed E-state index contributed by atoms with van der Waals surface area (Å²) in [6.07, 6.45) is 0. The van der Waals surface area contributed by atoms with Gasteiger partial charge < -0.3 is 10.1 Å². The Morgan fingerprint density at radius 2 is 1.77 bits per heavy atom. The first-order valence-electron chi connectivity index (χ1n) is 7.66. The number of fused-ring (bicyclic) bond motifs is 1. The number of hydrogen-bond donors (Lipinski definition) is 1. The molecule has 132 valence electrons. The van der Waals surface area contributed by atoms with E-state index in [1.165, 1.54) is 0 Å². The van der Waals surface area contributed by atoms with Crippen LogP contribution in [0.15, 0.2) is 42.5 Å². The average molecular weight is 356 g/mol. The standard InChI is InChI=1S/C19H14F2N2O3/c1-10-7-12(11-5-3-4-6-16(11)22-10)18(24)23-17-8-13(19(25)26-2)14(20)9-15(17)21/h3-9H,1-2H3,(H,23,24). The van der Waals surface area contributed by atoms with Gasteiger partial charge >= 0.3 is 5.97 Å². The van der Waals surface area contributed by atoms with E-state index in [-0.39, 0.29) is 11.3 Å². The Balaban J connectivity index is 2.03. The Kier molecular flexibility index (Phi) is 4.62. The molecule has 3 aromatic rings. The van der Waals surface area contributed by atoms with Gasteiger partial charge in [0, 0.05) is 17.1 Å². The van der Waals surface area contributed by atoms with Gasteiger partial charge in [0.05, 0.1) is 29.4 Å². The van der Waals surface area contributed by atoms with Crippen LogP contribution in [0.2, 0.25) is 0 Å². The van der Waals surface area contributed by atoms with Crippen LogP contribution in [-0.2, 0) is 4.74 Å². The molecule has 1 amide bonds. The summed E-state index contributed by atoms with van der Waals surface area (Å²) in [4.78, 5) is 28.6. The lowest BCUT2D eigenvalue weighted by Crippen LogP contribution is -2.15. The lowest BCUT2D eigenvalue weighted by atomic mass is 10.1. The van der Waals surface area contributed by atoms with Crippen molar-refractivity contribution >= 4 is 28.5 Å². The van der Waals surface area contributed by atoms with E-state index in [9.17, 15) is 18.4 Å². The van der Waals surface area contributed by atoms with Gasteiger partial charge in [0.15, 0.2) is 0 Å². The number of carbonyl (C=O) groups excluding carboxylic acids is 2. The first-order valence-corrected chi connectivity index (χ1v) is 7.66. The highest BCUT2D eigenvalue weighted by Gasteiger charge is 2.19. The fourth-order valence-corrected chi connectivity index (χ4v) is 2.60. The maximum atomic E-state index is 14.0. The largest absolute Gasteiger partial charge is 0.465 e. The van der Waals surface area contributed by atoms with Crippen molar-refractivity contribution in [3.05, 3.63) is 70.9 Å². The lowest BCUT2D eigenvalue weighted by Gasteiger charge is -2.11. The normalized spacial score (nSPS) is 10.6. The zero-order valence-corrected chi connectivity index (χ0v) is 14.0. The van der Waals surface area contributed by atoms with E-state index in [1.807, 2.05) is 0 Å². The van der Waals surface area contributed by atoms with Gasteiger partial charge in [-0.3, -0.25) is 9.78 Å². The number of esters is 1. The van der Waals surface area contributed by atoms with Crippen molar-refractivity contribution in [1.29, 1.82) is 0 Å². The van der Waals surface area contributed by atoms with E-state index in [1.54, 1.807) is 37.3 Å². The van der Waals surface area contributed by atoms with Crippen molar-refractivity contribution in [3.8, 4) is 0 Å². The van der Waals surface area contributed by atoms with Crippen LogP contribution in [0.25, 0.3) is 10.9 Å².